The summed E-state index contributed by atoms with van der Waals surface area (Å²) in [4.78, 5) is 7.69. The number of pyridine rings is 1. The summed E-state index contributed by atoms with van der Waals surface area (Å²) in [5, 5.41) is 10.1. The van der Waals surface area contributed by atoms with Crippen LogP contribution in [0.3, 0.4) is 0 Å². The first-order chi connectivity index (χ1) is 9.95. The van der Waals surface area contributed by atoms with Crippen molar-refractivity contribution in [2.45, 2.75) is 12.3 Å². The highest BCUT2D eigenvalue weighted by atomic mass is 32.1. The first-order valence-corrected chi connectivity index (χ1v) is 6.83. The van der Waals surface area contributed by atoms with Crippen LogP contribution in [0.4, 0.5) is 13.2 Å². The molecule has 0 spiro atoms. The second-order valence-corrected chi connectivity index (χ2v) is 5.46. The third-order valence-corrected chi connectivity index (χ3v) is 4.03. The highest BCUT2D eigenvalue weighted by Crippen LogP contribution is 2.35. The lowest BCUT2D eigenvalue weighted by atomic mass is 10.1. The number of rotatable bonds is 2. The molecule has 0 radical (unpaired) electrons. The molecule has 0 amide bonds. The molecule has 0 aliphatic heterocycles. The van der Waals surface area contributed by atoms with Crippen LogP contribution in [0.2, 0.25) is 0 Å². The first-order valence-electron chi connectivity index (χ1n) is 6.02. The van der Waals surface area contributed by atoms with E-state index in [4.69, 9.17) is 0 Å². The minimum Gasteiger partial charge on any atom is -0.381 e. The van der Waals surface area contributed by atoms with Crippen molar-refractivity contribution in [3.63, 3.8) is 0 Å². The second-order valence-electron chi connectivity index (χ2n) is 4.40. The van der Waals surface area contributed by atoms with Crippen molar-refractivity contribution in [1.29, 1.82) is 0 Å². The largest absolute Gasteiger partial charge is 0.443 e. The Hall–Kier alpha value is -1.99. The molecule has 1 N–H and O–H groups in total. The Morgan fingerprint density at radius 3 is 2.57 bits per heavy atom. The maximum Gasteiger partial charge on any atom is 0.443 e. The van der Waals surface area contributed by atoms with Gasteiger partial charge in [0.1, 0.15) is 6.10 Å². The number of aromatic nitrogens is 2. The summed E-state index contributed by atoms with van der Waals surface area (Å²) >= 11 is 0.422. The number of aliphatic hydroxyl groups excluding tert-OH is 1. The van der Waals surface area contributed by atoms with Gasteiger partial charge in [0.05, 0.1) is 16.1 Å². The molecule has 0 bridgehead atoms. The fourth-order valence-electron chi connectivity index (χ4n) is 1.92. The highest BCUT2D eigenvalue weighted by Gasteiger charge is 2.35. The van der Waals surface area contributed by atoms with Crippen molar-refractivity contribution in [3.8, 4) is 0 Å². The van der Waals surface area contributed by atoms with Crippen LogP contribution in [-0.4, -0.2) is 15.1 Å². The molecule has 0 saturated carbocycles. The lowest BCUT2D eigenvalue weighted by Crippen LogP contribution is -2.03. The molecular weight excluding hydrogens is 301 g/mol. The zero-order valence-electron chi connectivity index (χ0n) is 10.5. The van der Waals surface area contributed by atoms with Gasteiger partial charge in [0.15, 0.2) is 5.01 Å². The van der Waals surface area contributed by atoms with Gasteiger partial charge in [0.2, 0.25) is 0 Å². The molecule has 0 aliphatic rings. The van der Waals surface area contributed by atoms with Gasteiger partial charge in [-0.25, -0.2) is 9.97 Å². The van der Waals surface area contributed by atoms with Gasteiger partial charge < -0.3 is 5.11 Å². The molecular formula is C14H9F3N2OS. The Labute approximate surface area is 121 Å². The number of thiazole rings is 1. The quantitative estimate of drug-likeness (QED) is 0.783. The SMILES string of the molecule is OC(c1ccc2ccccc2n1)c1cnc(C(F)(F)F)s1. The second kappa shape index (κ2) is 5.09. The van der Waals surface area contributed by atoms with E-state index in [2.05, 4.69) is 9.97 Å². The average molecular weight is 310 g/mol. The Morgan fingerprint density at radius 1 is 1.10 bits per heavy atom. The highest BCUT2D eigenvalue weighted by molar-refractivity contribution is 7.11. The summed E-state index contributed by atoms with van der Waals surface area (Å²) in [6.07, 6.45) is -4.68. The van der Waals surface area contributed by atoms with Crippen LogP contribution < -0.4 is 0 Å². The summed E-state index contributed by atoms with van der Waals surface area (Å²) in [6, 6.07) is 10.7. The molecule has 1 unspecified atom stereocenters. The van der Waals surface area contributed by atoms with Crippen molar-refractivity contribution in [1.82, 2.24) is 9.97 Å². The van der Waals surface area contributed by atoms with Crippen LogP contribution in [0.15, 0.2) is 42.6 Å². The fourth-order valence-corrected chi connectivity index (χ4v) is 2.71. The lowest BCUT2D eigenvalue weighted by Gasteiger charge is -2.08. The molecule has 2 heterocycles. The molecule has 3 nitrogen and oxygen atoms in total. The van der Waals surface area contributed by atoms with Crippen molar-refractivity contribution < 1.29 is 18.3 Å². The van der Waals surface area contributed by atoms with Crippen LogP contribution in [-0.2, 0) is 6.18 Å². The lowest BCUT2D eigenvalue weighted by molar-refractivity contribution is -0.137. The van der Waals surface area contributed by atoms with Gasteiger partial charge in [0.25, 0.3) is 0 Å². The van der Waals surface area contributed by atoms with Gasteiger partial charge in [-0.3, -0.25) is 0 Å². The molecule has 108 valence electrons. The van der Waals surface area contributed by atoms with Crippen LogP contribution >= 0.6 is 11.3 Å². The molecule has 7 heteroatoms. The Balaban J connectivity index is 1.96. The van der Waals surface area contributed by atoms with E-state index in [1.54, 1.807) is 24.3 Å². The summed E-state index contributed by atoms with van der Waals surface area (Å²) in [5.74, 6) is 0. The molecule has 1 aromatic carbocycles. The number of fused-ring (bicyclic) bond motifs is 1. The van der Waals surface area contributed by atoms with Crippen molar-refractivity contribution in [2.24, 2.45) is 0 Å². The van der Waals surface area contributed by atoms with Gasteiger partial charge in [-0.15, -0.1) is 11.3 Å². The predicted molar refractivity (Wildman–Crippen MR) is 72.9 cm³/mol. The number of hydrogen-bond acceptors (Lipinski definition) is 4. The predicted octanol–water partition coefficient (Wildman–Crippen LogP) is 3.79. The van der Waals surface area contributed by atoms with E-state index in [9.17, 15) is 18.3 Å². The van der Waals surface area contributed by atoms with Crippen LogP contribution in [0, 0.1) is 0 Å². The first kappa shape index (κ1) is 14.0. The van der Waals surface area contributed by atoms with Crippen LogP contribution in [0.5, 0.6) is 0 Å². The van der Waals surface area contributed by atoms with E-state index in [1.165, 1.54) is 0 Å². The monoisotopic (exact) mass is 310 g/mol. The number of para-hydroxylation sites is 1. The molecule has 0 saturated heterocycles. The van der Waals surface area contributed by atoms with E-state index >= 15 is 0 Å². The van der Waals surface area contributed by atoms with Gasteiger partial charge in [-0.05, 0) is 12.1 Å². The van der Waals surface area contributed by atoms with Gasteiger partial charge in [0, 0.05) is 11.6 Å². The molecule has 0 fully saturated rings. The maximum atomic E-state index is 12.5. The maximum absolute atomic E-state index is 12.5. The number of benzene rings is 1. The Morgan fingerprint density at radius 2 is 1.86 bits per heavy atom. The zero-order chi connectivity index (χ0) is 15.0. The number of nitrogens with zero attached hydrogens (tertiary/aromatic N) is 2. The summed E-state index contributed by atoms with van der Waals surface area (Å²) in [5.41, 5.74) is 0.973. The van der Waals surface area contributed by atoms with Crippen molar-refractivity contribution in [3.05, 3.63) is 58.2 Å². The number of aliphatic hydroxyl groups is 1. The van der Waals surface area contributed by atoms with E-state index in [0.717, 1.165) is 11.6 Å². The van der Waals surface area contributed by atoms with Crippen LogP contribution in [0.1, 0.15) is 21.7 Å². The number of hydrogen-bond donors (Lipinski definition) is 1. The van der Waals surface area contributed by atoms with E-state index in [-0.39, 0.29) is 4.88 Å². The third-order valence-electron chi connectivity index (χ3n) is 2.94. The summed E-state index contributed by atoms with van der Waals surface area (Å²) in [6.45, 7) is 0. The molecule has 21 heavy (non-hydrogen) atoms. The minimum atomic E-state index is -4.50. The smallest absolute Gasteiger partial charge is 0.381 e. The van der Waals surface area contributed by atoms with Crippen molar-refractivity contribution in [2.75, 3.05) is 0 Å². The van der Waals surface area contributed by atoms with Crippen molar-refractivity contribution >= 4 is 22.2 Å². The Kier molecular flexibility index (Phi) is 3.38. The number of halogens is 3. The standard InChI is InChI=1S/C14H9F3N2OS/c15-14(16,17)13-18-7-11(21-13)12(20)10-6-5-8-3-1-2-4-9(8)19-10/h1-7,12,20H. The minimum absolute atomic E-state index is 0.116. The van der Waals surface area contributed by atoms with E-state index in [0.29, 0.717) is 22.5 Å². The normalized spacial score (nSPS) is 13.5. The van der Waals surface area contributed by atoms with Gasteiger partial charge in [-0.2, -0.15) is 13.2 Å². The Bertz CT molecular complexity index is 785. The average Bonchev–Trinajstić information content (AvgIpc) is 2.96. The molecule has 2 aromatic heterocycles. The topological polar surface area (TPSA) is 46.0 Å². The number of alkyl halides is 3. The molecule has 3 aromatic rings. The van der Waals surface area contributed by atoms with E-state index < -0.39 is 17.3 Å². The van der Waals surface area contributed by atoms with Gasteiger partial charge >= 0.3 is 6.18 Å². The molecule has 1 atom stereocenters. The van der Waals surface area contributed by atoms with E-state index in [1.807, 2.05) is 12.1 Å². The molecule has 3 rings (SSSR count). The zero-order valence-corrected chi connectivity index (χ0v) is 11.3. The molecule has 0 aliphatic carbocycles. The van der Waals surface area contributed by atoms with Crippen LogP contribution in [0.25, 0.3) is 10.9 Å². The summed E-state index contributed by atoms with van der Waals surface area (Å²) < 4.78 is 37.6. The summed E-state index contributed by atoms with van der Waals surface area (Å²) in [7, 11) is 0. The fraction of sp³-hybridized carbons (Fsp3) is 0.143. The third kappa shape index (κ3) is 2.74. The van der Waals surface area contributed by atoms with Gasteiger partial charge in [-0.1, -0.05) is 24.3 Å².